The highest BCUT2D eigenvalue weighted by atomic mass is 16.5. The quantitative estimate of drug-likeness (QED) is 0.423. The summed E-state index contributed by atoms with van der Waals surface area (Å²) in [6, 6.07) is 9.16. The van der Waals surface area contributed by atoms with Gasteiger partial charge in [0, 0.05) is 0 Å². The van der Waals surface area contributed by atoms with Crippen LogP contribution in [0.15, 0.2) is 30.3 Å². The second kappa shape index (κ2) is 8.26. The Hall–Kier alpha value is -1.88. The SMILES string of the molecule is NCCCCC(C(=O)O)C(=O)OCc1ccccc1. The third-order valence-electron chi connectivity index (χ3n) is 2.75. The number of esters is 1. The van der Waals surface area contributed by atoms with E-state index in [1.165, 1.54) is 0 Å². The van der Waals surface area contributed by atoms with Gasteiger partial charge in [-0.15, -0.1) is 0 Å². The molecule has 0 aliphatic heterocycles. The number of hydrogen-bond donors (Lipinski definition) is 2. The van der Waals surface area contributed by atoms with E-state index in [-0.39, 0.29) is 13.0 Å². The van der Waals surface area contributed by atoms with E-state index < -0.39 is 17.9 Å². The number of rotatable bonds is 8. The van der Waals surface area contributed by atoms with Crippen molar-refractivity contribution in [3.63, 3.8) is 0 Å². The fraction of sp³-hybridized carbons (Fsp3) is 0.429. The number of hydrogen-bond acceptors (Lipinski definition) is 4. The van der Waals surface area contributed by atoms with Crippen LogP contribution in [0.5, 0.6) is 0 Å². The van der Waals surface area contributed by atoms with Gasteiger partial charge in [0.25, 0.3) is 0 Å². The van der Waals surface area contributed by atoms with E-state index in [9.17, 15) is 9.59 Å². The Morgan fingerprint density at radius 2 is 1.89 bits per heavy atom. The second-order valence-electron chi connectivity index (χ2n) is 4.27. The van der Waals surface area contributed by atoms with E-state index in [4.69, 9.17) is 15.6 Å². The van der Waals surface area contributed by atoms with Crippen molar-refractivity contribution in [2.24, 2.45) is 11.7 Å². The van der Waals surface area contributed by atoms with Crippen molar-refractivity contribution in [3.8, 4) is 0 Å². The second-order valence-corrected chi connectivity index (χ2v) is 4.27. The van der Waals surface area contributed by atoms with E-state index in [0.717, 1.165) is 5.56 Å². The summed E-state index contributed by atoms with van der Waals surface area (Å²) in [5, 5.41) is 9.01. The molecule has 0 aromatic heterocycles. The molecule has 0 aliphatic rings. The van der Waals surface area contributed by atoms with Crippen molar-refractivity contribution in [2.45, 2.75) is 25.9 Å². The summed E-state index contributed by atoms with van der Waals surface area (Å²) < 4.78 is 5.03. The molecule has 1 aromatic rings. The van der Waals surface area contributed by atoms with E-state index in [1.807, 2.05) is 30.3 Å². The summed E-state index contributed by atoms with van der Waals surface area (Å²) in [6.45, 7) is 0.589. The van der Waals surface area contributed by atoms with Gasteiger partial charge in [0.2, 0.25) is 0 Å². The monoisotopic (exact) mass is 265 g/mol. The lowest BCUT2D eigenvalue weighted by Gasteiger charge is -2.11. The fourth-order valence-electron chi connectivity index (χ4n) is 1.66. The maximum atomic E-state index is 11.7. The maximum Gasteiger partial charge on any atom is 0.320 e. The van der Waals surface area contributed by atoms with Crippen LogP contribution in [0.25, 0.3) is 0 Å². The molecular weight excluding hydrogens is 246 g/mol. The molecule has 0 aliphatic carbocycles. The van der Waals surface area contributed by atoms with Gasteiger partial charge in [0.05, 0.1) is 0 Å². The van der Waals surface area contributed by atoms with Gasteiger partial charge in [-0.2, -0.15) is 0 Å². The normalized spacial score (nSPS) is 11.8. The van der Waals surface area contributed by atoms with E-state index in [2.05, 4.69) is 0 Å². The lowest BCUT2D eigenvalue weighted by molar-refractivity contribution is -0.160. The van der Waals surface area contributed by atoms with Crippen LogP contribution in [0.2, 0.25) is 0 Å². The molecule has 104 valence electrons. The van der Waals surface area contributed by atoms with Gasteiger partial charge < -0.3 is 15.6 Å². The summed E-state index contributed by atoms with van der Waals surface area (Å²) in [4.78, 5) is 22.7. The largest absolute Gasteiger partial charge is 0.481 e. The maximum absolute atomic E-state index is 11.7. The van der Waals surface area contributed by atoms with Crippen LogP contribution < -0.4 is 5.73 Å². The fourth-order valence-corrected chi connectivity index (χ4v) is 1.66. The zero-order valence-corrected chi connectivity index (χ0v) is 10.7. The Morgan fingerprint density at radius 1 is 1.21 bits per heavy atom. The highest BCUT2D eigenvalue weighted by Crippen LogP contribution is 2.12. The molecule has 3 N–H and O–H groups in total. The van der Waals surface area contributed by atoms with Gasteiger partial charge in [0.1, 0.15) is 6.61 Å². The molecule has 0 spiro atoms. The number of aliphatic carboxylic acids is 1. The third-order valence-corrected chi connectivity index (χ3v) is 2.75. The van der Waals surface area contributed by atoms with Crippen molar-refractivity contribution in [1.29, 1.82) is 0 Å². The van der Waals surface area contributed by atoms with E-state index in [0.29, 0.717) is 19.4 Å². The van der Waals surface area contributed by atoms with Crippen molar-refractivity contribution in [3.05, 3.63) is 35.9 Å². The number of nitrogens with two attached hydrogens (primary N) is 1. The minimum atomic E-state index is -1.14. The topological polar surface area (TPSA) is 89.6 Å². The first-order valence-corrected chi connectivity index (χ1v) is 6.28. The van der Waals surface area contributed by atoms with Gasteiger partial charge in [-0.05, 0) is 24.9 Å². The Bertz CT molecular complexity index is 405. The molecular formula is C14H19NO4. The van der Waals surface area contributed by atoms with Crippen LogP contribution in [0.4, 0.5) is 0 Å². The first kappa shape index (κ1) is 15.2. The summed E-state index contributed by atoms with van der Waals surface area (Å²) >= 11 is 0. The average Bonchev–Trinajstić information content (AvgIpc) is 2.42. The summed E-state index contributed by atoms with van der Waals surface area (Å²) in [7, 11) is 0. The molecule has 0 radical (unpaired) electrons. The van der Waals surface area contributed by atoms with Crippen molar-refractivity contribution in [2.75, 3.05) is 6.54 Å². The van der Waals surface area contributed by atoms with Crippen molar-refractivity contribution >= 4 is 11.9 Å². The number of carbonyl (C=O) groups is 2. The highest BCUT2D eigenvalue weighted by Gasteiger charge is 2.27. The van der Waals surface area contributed by atoms with E-state index in [1.54, 1.807) is 0 Å². The molecule has 1 rings (SSSR count). The third kappa shape index (κ3) is 5.52. The van der Waals surface area contributed by atoms with Crippen LogP contribution in [0.1, 0.15) is 24.8 Å². The predicted molar refractivity (Wildman–Crippen MR) is 70.3 cm³/mol. The van der Waals surface area contributed by atoms with Crippen LogP contribution in [0.3, 0.4) is 0 Å². The minimum Gasteiger partial charge on any atom is -0.481 e. The van der Waals surface area contributed by atoms with Crippen LogP contribution in [0, 0.1) is 5.92 Å². The molecule has 1 unspecified atom stereocenters. The van der Waals surface area contributed by atoms with Gasteiger partial charge in [-0.3, -0.25) is 9.59 Å². The molecule has 0 amide bonds. The highest BCUT2D eigenvalue weighted by molar-refractivity contribution is 5.93. The molecule has 5 nitrogen and oxygen atoms in total. The minimum absolute atomic E-state index is 0.0976. The van der Waals surface area contributed by atoms with Gasteiger partial charge in [-0.1, -0.05) is 36.8 Å². The molecule has 0 saturated carbocycles. The number of unbranched alkanes of at least 4 members (excludes halogenated alkanes) is 1. The molecule has 0 fully saturated rings. The molecule has 0 bridgehead atoms. The Labute approximate surface area is 112 Å². The molecule has 0 saturated heterocycles. The zero-order chi connectivity index (χ0) is 14.1. The smallest absolute Gasteiger partial charge is 0.320 e. The molecule has 1 atom stereocenters. The van der Waals surface area contributed by atoms with Gasteiger partial charge in [-0.25, -0.2) is 0 Å². The number of carbonyl (C=O) groups excluding carboxylic acids is 1. The number of benzene rings is 1. The van der Waals surface area contributed by atoms with Crippen molar-refractivity contribution in [1.82, 2.24) is 0 Å². The molecule has 19 heavy (non-hydrogen) atoms. The van der Waals surface area contributed by atoms with Crippen LogP contribution in [-0.2, 0) is 20.9 Å². The Kier molecular flexibility index (Phi) is 6.60. The zero-order valence-electron chi connectivity index (χ0n) is 10.7. The first-order valence-electron chi connectivity index (χ1n) is 6.28. The average molecular weight is 265 g/mol. The van der Waals surface area contributed by atoms with Crippen LogP contribution in [-0.4, -0.2) is 23.6 Å². The predicted octanol–water partition coefficient (Wildman–Crippen LogP) is 1.56. The summed E-state index contributed by atoms with van der Waals surface area (Å²) in [5.41, 5.74) is 6.17. The molecule has 1 aromatic carbocycles. The molecule has 0 heterocycles. The molecule has 5 heteroatoms. The summed E-state index contributed by atoms with van der Waals surface area (Å²) in [5.74, 6) is -2.93. The number of carboxylic acids is 1. The van der Waals surface area contributed by atoms with Gasteiger partial charge in [0.15, 0.2) is 5.92 Å². The van der Waals surface area contributed by atoms with E-state index >= 15 is 0 Å². The Morgan fingerprint density at radius 3 is 2.47 bits per heavy atom. The van der Waals surface area contributed by atoms with Crippen molar-refractivity contribution < 1.29 is 19.4 Å². The van der Waals surface area contributed by atoms with Gasteiger partial charge >= 0.3 is 11.9 Å². The first-order chi connectivity index (χ1) is 9.15. The number of carboxylic acid groups (broad SMARTS) is 1. The van der Waals surface area contributed by atoms with Crippen LogP contribution >= 0.6 is 0 Å². The lowest BCUT2D eigenvalue weighted by Crippen LogP contribution is -2.26. The summed E-state index contributed by atoms with van der Waals surface area (Å²) in [6.07, 6.45) is 1.57. The Balaban J connectivity index is 2.46. The standard InChI is InChI=1S/C14H19NO4/c15-9-5-4-8-12(13(16)17)14(18)19-10-11-6-2-1-3-7-11/h1-3,6-7,12H,4-5,8-10,15H2,(H,16,17). The number of ether oxygens (including phenoxy) is 1. The lowest BCUT2D eigenvalue weighted by atomic mass is 10.0.